The molecule has 2 aromatic rings. The third-order valence-electron chi connectivity index (χ3n) is 4.15. The standard InChI is InChI=1S/C15H18FNO/c1-9-12-8-11(16)6-7-13(12)18-15(9)14(17-2)10-4-3-5-10/h6-8,10,14,17H,3-5H2,1-2H3. The maximum atomic E-state index is 13.3. The topological polar surface area (TPSA) is 25.2 Å². The van der Waals surface area contributed by atoms with Crippen molar-refractivity contribution in [1.82, 2.24) is 5.32 Å². The van der Waals surface area contributed by atoms with Crippen LogP contribution in [0.4, 0.5) is 4.39 Å². The Kier molecular flexibility index (Phi) is 2.86. The van der Waals surface area contributed by atoms with Crippen LogP contribution >= 0.6 is 0 Å². The third-order valence-corrected chi connectivity index (χ3v) is 4.15. The SMILES string of the molecule is CNC(c1oc2ccc(F)cc2c1C)C1CCC1. The first-order valence-corrected chi connectivity index (χ1v) is 6.56. The average molecular weight is 247 g/mol. The first kappa shape index (κ1) is 11.7. The number of rotatable bonds is 3. The molecule has 3 heteroatoms. The normalized spacial score (nSPS) is 17.9. The molecule has 1 aliphatic carbocycles. The number of fused-ring (bicyclic) bond motifs is 1. The fraction of sp³-hybridized carbons (Fsp3) is 0.467. The van der Waals surface area contributed by atoms with Gasteiger partial charge in [-0.05, 0) is 50.9 Å². The molecule has 2 nitrogen and oxygen atoms in total. The van der Waals surface area contributed by atoms with E-state index < -0.39 is 0 Å². The number of benzene rings is 1. The number of aryl methyl sites for hydroxylation is 1. The quantitative estimate of drug-likeness (QED) is 0.888. The van der Waals surface area contributed by atoms with Gasteiger partial charge in [-0.2, -0.15) is 0 Å². The van der Waals surface area contributed by atoms with Crippen LogP contribution in [0.1, 0.15) is 36.6 Å². The van der Waals surface area contributed by atoms with Gasteiger partial charge in [0.2, 0.25) is 0 Å². The van der Waals surface area contributed by atoms with Crippen molar-refractivity contribution in [3.8, 4) is 0 Å². The fourth-order valence-corrected chi connectivity index (χ4v) is 2.86. The molecule has 0 amide bonds. The molecule has 0 saturated heterocycles. The minimum Gasteiger partial charge on any atom is -0.459 e. The van der Waals surface area contributed by atoms with Crippen molar-refractivity contribution in [1.29, 1.82) is 0 Å². The van der Waals surface area contributed by atoms with Gasteiger partial charge in [-0.3, -0.25) is 0 Å². The molecule has 3 rings (SSSR count). The summed E-state index contributed by atoms with van der Waals surface area (Å²) >= 11 is 0. The Balaban J connectivity index is 2.07. The lowest BCUT2D eigenvalue weighted by Gasteiger charge is -2.32. The van der Waals surface area contributed by atoms with Gasteiger partial charge in [-0.15, -0.1) is 0 Å². The molecule has 1 saturated carbocycles. The maximum Gasteiger partial charge on any atom is 0.134 e. The molecular formula is C15H18FNO. The van der Waals surface area contributed by atoms with Gasteiger partial charge in [0.25, 0.3) is 0 Å². The highest BCUT2D eigenvalue weighted by Crippen LogP contribution is 2.41. The first-order chi connectivity index (χ1) is 8.70. The minimum absolute atomic E-state index is 0.206. The van der Waals surface area contributed by atoms with Crippen LogP contribution in [0.3, 0.4) is 0 Å². The largest absolute Gasteiger partial charge is 0.459 e. The van der Waals surface area contributed by atoms with Crippen LogP contribution in [0.15, 0.2) is 22.6 Å². The van der Waals surface area contributed by atoms with E-state index in [1.165, 1.54) is 25.3 Å². The Bertz CT molecular complexity index is 571. The molecule has 1 aliphatic rings. The van der Waals surface area contributed by atoms with Gasteiger partial charge < -0.3 is 9.73 Å². The summed E-state index contributed by atoms with van der Waals surface area (Å²) in [5, 5.41) is 4.24. The minimum atomic E-state index is -0.206. The maximum absolute atomic E-state index is 13.3. The second-order valence-electron chi connectivity index (χ2n) is 5.19. The zero-order chi connectivity index (χ0) is 12.7. The van der Waals surface area contributed by atoms with Crippen LogP contribution in [-0.4, -0.2) is 7.05 Å². The lowest BCUT2D eigenvalue weighted by atomic mass is 9.78. The first-order valence-electron chi connectivity index (χ1n) is 6.56. The smallest absolute Gasteiger partial charge is 0.134 e. The second-order valence-corrected chi connectivity index (χ2v) is 5.19. The van der Waals surface area contributed by atoms with E-state index in [9.17, 15) is 4.39 Å². The van der Waals surface area contributed by atoms with Crippen LogP contribution in [0.5, 0.6) is 0 Å². The van der Waals surface area contributed by atoms with Crippen LogP contribution in [0.2, 0.25) is 0 Å². The highest BCUT2D eigenvalue weighted by atomic mass is 19.1. The van der Waals surface area contributed by atoms with Gasteiger partial charge >= 0.3 is 0 Å². The molecule has 0 aliphatic heterocycles. The Labute approximate surface area is 106 Å². The summed E-state index contributed by atoms with van der Waals surface area (Å²) < 4.78 is 19.2. The molecule has 1 aromatic heterocycles. The molecule has 96 valence electrons. The van der Waals surface area contributed by atoms with E-state index in [1.807, 2.05) is 14.0 Å². The number of hydrogen-bond acceptors (Lipinski definition) is 2. The zero-order valence-corrected chi connectivity index (χ0v) is 10.8. The molecule has 1 unspecified atom stereocenters. The van der Waals surface area contributed by atoms with Crippen molar-refractivity contribution in [3.05, 3.63) is 35.3 Å². The van der Waals surface area contributed by atoms with E-state index in [4.69, 9.17) is 4.42 Å². The van der Waals surface area contributed by atoms with Gasteiger partial charge in [0, 0.05) is 10.9 Å². The summed E-state index contributed by atoms with van der Waals surface area (Å²) in [7, 11) is 1.97. The number of hydrogen-bond donors (Lipinski definition) is 1. The lowest BCUT2D eigenvalue weighted by molar-refractivity contribution is 0.217. The Hall–Kier alpha value is -1.35. The molecule has 0 spiro atoms. The van der Waals surface area contributed by atoms with Crippen molar-refractivity contribution >= 4 is 11.0 Å². The summed E-state index contributed by atoms with van der Waals surface area (Å²) in [5.41, 5.74) is 1.85. The van der Waals surface area contributed by atoms with E-state index in [0.717, 1.165) is 22.3 Å². The third kappa shape index (κ3) is 1.74. The summed E-state index contributed by atoms with van der Waals surface area (Å²) in [6.45, 7) is 2.02. The Morgan fingerprint density at radius 2 is 2.17 bits per heavy atom. The van der Waals surface area contributed by atoms with E-state index in [1.54, 1.807) is 12.1 Å². The Morgan fingerprint density at radius 1 is 1.39 bits per heavy atom. The molecule has 1 atom stereocenters. The van der Waals surface area contributed by atoms with E-state index >= 15 is 0 Å². The van der Waals surface area contributed by atoms with Crippen LogP contribution in [-0.2, 0) is 0 Å². The van der Waals surface area contributed by atoms with Gasteiger partial charge in [0.05, 0.1) is 6.04 Å². The predicted molar refractivity (Wildman–Crippen MR) is 70.1 cm³/mol. The number of halogens is 1. The van der Waals surface area contributed by atoms with E-state index in [-0.39, 0.29) is 11.9 Å². The fourth-order valence-electron chi connectivity index (χ4n) is 2.86. The average Bonchev–Trinajstić information content (AvgIpc) is 2.61. The summed E-state index contributed by atoms with van der Waals surface area (Å²) in [6, 6.07) is 4.99. The second kappa shape index (κ2) is 4.39. The van der Waals surface area contributed by atoms with Gasteiger partial charge in [0.1, 0.15) is 17.2 Å². The molecular weight excluding hydrogens is 229 g/mol. The van der Waals surface area contributed by atoms with E-state index in [2.05, 4.69) is 5.32 Å². The summed E-state index contributed by atoms with van der Waals surface area (Å²) in [4.78, 5) is 0. The molecule has 18 heavy (non-hydrogen) atoms. The molecule has 1 aromatic carbocycles. The van der Waals surface area contributed by atoms with Crippen molar-refractivity contribution < 1.29 is 8.81 Å². The molecule has 1 heterocycles. The van der Waals surface area contributed by atoms with Gasteiger partial charge in [-0.25, -0.2) is 4.39 Å². The van der Waals surface area contributed by atoms with Crippen LogP contribution in [0.25, 0.3) is 11.0 Å². The van der Waals surface area contributed by atoms with E-state index in [0.29, 0.717) is 5.92 Å². The molecule has 0 radical (unpaired) electrons. The summed E-state index contributed by atoms with van der Waals surface area (Å²) in [5.74, 6) is 1.42. The monoisotopic (exact) mass is 247 g/mol. The van der Waals surface area contributed by atoms with Gasteiger partial charge in [-0.1, -0.05) is 6.42 Å². The number of furan rings is 1. The highest BCUT2D eigenvalue weighted by molar-refractivity contribution is 5.82. The van der Waals surface area contributed by atoms with Crippen molar-refractivity contribution in [2.45, 2.75) is 32.2 Å². The summed E-state index contributed by atoms with van der Waals surface area (Å²) in [6.07, 6.45) is 3.80. The van der Waals surface area contributed by atoms with Crippen LogP contribution < -0.4 is 5.32 Å². The predicted octanol–water partition coefficient (Wildman–Crippen LogP) is 3.94. The van der Waals surface area contributed by atoms with Gasteiger partial charge in [0.15, 0.2) is 0 Å². The highest BCUT2D eigenvalue weighted by Gasteiger charge is 2.31. The lowest BCUT2D eigenvalue weighted by Crippen LogP contribution is -2.29. The zero-order valence-electron chi connectivity index (χ0n) is 10.8. The molecule has 1 N–H and O–H groups in total. The van der Waals surface area contributed by atoms with Crippen molar-refractivity contribution in [2.24, 2.45) is 5.92 Å². The van der Waals surface area contributed by atoms with Crippen LogP contribution in [0, 0.1) is 18.7 Å². The molecule has 0 bridgehead atoms. The van der Waals surface area contributed by atoms with Crippen molar-refractivity contribution in [2.75, 3.05) is 7.05 Å². The Morgan fingerprint density at radius 3 is 2.78 bits per heavy atom. The number of nitrogens with one attached hydrogen (secondary N) is 1. The van der Waals surface area contributed by atoms with Crippen molar-refractivity contribution in [3.63, 3.8) is 0 Å². The molecule has 1 fully saturated rings.